The van der Waals surface area contributed by atoms with Crippen molar-refractivity contribution in [3.8, 4) is 5.75 Å². The van der Waals surface area contributed by atoms with Crippen molar-refractivity contribution in [1.29, 1.82) is 0 Å². The number of hydrogen-bond donors (Lipinski definition) is 2. The number of benzene rings is 1. The number of sulfonamides is 1. The lowest BCUT2D eigenvalue weighted by Crippen LogP contribution is -2.34. The molecule has 18 heavy (non-hydrogen) atoms. The number of nitrogens with two attached hydrogens (primary N) is 1. The quantitative estimate of drug-likeness (QED) is 0.791. The molecule has 1 aromatic carbocycles. The van der Waals surface area contributed by atoms with Crippen LogP contribution < -0.4 is 15.2 Å². The van der Waals surface area contributed by atoms with Crippen LogP contribution >= 0.6 is 0 Å². The minimum atomic E-state index is -3.50. The van der Waals surface area contributed by atoms with E-state index in [-0.39, 0.29) is 10.9 Å². The van der Waals surface area contributed by atoms with E-state index in [1.54, 1.807) is 6.07 Å². The number of methoxy groups -OCH3 is 1. The van der Waals surface area contributed by atoms with Crippen LogP contribution in [0.4, 0.5) is 5.69 Å². The Balaban J connectivity index is 2.20. The van der Waals surface area contributed by atoms with Crippen LogP contribution in [-0.4, -0.2) is 21.6 Å². The Morgan fingerprint density at radius 2 is 2.11 bits per heavy atom. The average Bonchev–Trinajstić information content (AvgIpc) is 3.12. The molecule has 0 aliphatic heterocycles. The molecule has 0 radical (unpaired) electrons. The van der Waals surface area contributed by atoms with Crippen LogP contribution in [0.1, 0.15) is 19.8 Å². The third-order valence-electron chi connectivity index (χ3n) is 3.18. The van der Waals surface area contributed by atoms with E-state index in [4.69, 9.17) is 10.5 Å². The zero-order valence-corrected chi connectivity index (χ0v) is 11.3. The van der Waals surface area contributed by atoms with E-state index in [0.29, 0.717) is 17.4 Å². The molecule has 1 aromatic rings. The first-order valence-electron chi connectivity index (χ1n) is 5.90. The molecule has 2 rings (SSSR count). The highest BCUT2D eigenvalue weighted by atomic mass is 32.2. The van der Waals surface area contributed by atoms with Crippen LogP contribution in [0.25, 0.3) is 0 Å². The second kappa shape index (κ2) is 4.78. The second-order valence-electron chi connectivity index (χ2n) is 4.65. The first-order valence-corrected chi connectivity index (χ1v) is 7.38. The summed E-state index contributed by atoms with van der Waals surface area (Å²) in [7, 11) is -2.00. The van der Waals surface area contributed by atoms with Crippen LogP contribution in [0.5, 0.6) is 5.75 Å². The van der Waals surface area contributed by atoms with Crippen LogP contribution in [0.3, 0.4) is 0 Å². The fourth-order valence-electron chi connectivity index (χ4n) is 1.88. The average molecular weight is 270 g/mol. The Morgan fingerprint density at radius 3 is 2.61 bits per heavy atom. The van der Waals surface area contributed by atoms with E-state index in [1.165, 1.54) is 19.2 Å². The van der Waals surface area contributed by atoms with Crippen LogP contribution in [0.2, 0.25) is 0 Å². The third-order valence-corrected chi connectivity index (χ3v) is 4.74. The zero-order chi connectivity index (χ0) is 13.3. The number of rotatable bonds is 5. The van der Waals surface area contributed by atoms with Gasteiger partial charge in [0.2, 0.25) is 10.0 Å². The molecule has 0 spiro atoms. The molecule has 1 atom stereocenters. The standard InChI is InChI=1S/C12H18N2O3S/c1-8(9-3-4-9)14-18(15,16)10-5-6-12(17-2)11(13)7-10/h5-9,14H,3-4,13H2,1-2H3. The lowest BCUT2D eigenvalue weighted by molar-refractivity contribution is 0.416. The summed E-state index contributed by atoms with van der Waals surface area (Å²) >= 11 is 0. The topological polar surface area (TPSA) is 81.4 Å². The Morgan fingerprint density at radius 1 is 1.44 bits per heavy atom. The summed E-state index contributed by atoms with van der Waals surface area (Å²) in [5.41, 5.74) is 6.03. The van der Waals surface area contributed by atoms with Crippen molar-refractivity contribution >= 4 is 15.7 Å². The Bertz CT molecular complexity index is 538. The predicted molar refractivity (Wildman–Crippen MR) is 69.9 cm³/mol. The maximum Gasteiger partial charge on any atom is 0.240 e. The smallest absolute Gasteiger partial charge is 0.240 e. The molecular formula is C12H18N2O3S. The Labute approximate surface area is 107 Å². The van der Waals surface area contributed by atoms with Crippen molar-refractivity contribution in [3.05, 3.63) is 18.2 Å². The van der Waals surface area contributed by atoms with Gasteiger partial charge < -0.3 is 10.5 Å². The summed E-state index contributed by atoms with van der Waals surface area (Å²) in [5.74, 6) is 0.944. The van der Waals surface area contributed by atoms with Crippen molar-refractivity contribution in [2.24, 2.45) is 5.92 Å². The van der Waals surface area contributed by atoms with Gasteiger partial charge in [-0.25, -0.2) is 13.1 Å². The lowest BCUT2D eigenvalue weighted by Gasteiger charge is -2.14. The molecular weight excluding hydrogens is 252 g/mol. The number of nitrogens with one attached hydrogen (secondary N) is 1. The van der Waals surface area contributed by atoms with E-state index >= 15 is 0 Å². The molecule has 3 N–H and O–H groups in total. The van der Waals surface area contributed by atoms with Gasteiger partial charge >= 0.3 is 0 Å². The highest BCUT2D eigenvalue weighted by molar-refractivity contribution is 7.89. The van der Waals surface area contributed by atoms with Crippen LogP contribution in [0, 0.1) is 5.92 Å². The molecule has 0 aromatic heterocycles. The summed E-state index contributed by atoms with van der Waals surface area (Å²) in [6, 6.07) is 4.45. The maximum atomic E-state index is 12.1. The maximum absolute atomic E-state index is 12.1. The zero-order valence-electron chi connectivity index (χ0n) is 10.5. The van der Waals surface area contributed by atoms with Gasteiger partial charge in [0.25, 0.3) is 0 Å². The van der Waals surface area contributed by atoms with Crippen molar-refractivity contribution in [1.82, 2.24) is 4.72 Å². The summed E-state index contributed by atoms with van der Waals surface area (Å²) in [6.07, 6.45) is 2.18. The van der Waals surface area contributed by atoms with Gasteiger partial charge in [0.15, 0.2) is 0 Å². The van der Waals surface area contributed by atoms with E-state index in [2.05, 4.69) is 4.72 Å². The number of hydrogen-bond acceptors (Lipinski definition) is 4. The molecule has 1 aliphatic rings. The Kier molecular flexibility index (Phi) is 3.49. The molecule has 0 saturated heterocycles. The number of nitrogen functional groups attached to an aromatic ring is 1. The molecule has 0 amide bonds. The predicted octanol–water partition coefficient (Wildman–Crippen LogP) is 1.35. The van der Waals surface area contributed by atoms with E-state index in [0.717, 1.165) is 12.8 Å². The van der Waals surface area contributed by atoms with E-state index in [1.807, 2.05) is 6.92 Å². The fourth-order valence-corrected chi connectivity index (χ4v) is 3.23. The monoisotopic (exact) mass is 270 g/mol. The molecule has 0 heterocycles. The molecule has 1 fully saturated rings. The molecule has 0 bridgehead atoms. The summed E-state index contributed by atoms with van der Waals surface area (Å²) in [6.45, 7) is 1.89. The van der Waals surface area contributed by atoms with Crippen LogP contribution in [-0.2, 0) is 10.0 Å². The number of anilines is 1. The van der Waals surface area contributed by atoms with Gasteiger partial charge in [0.05, 0.1) is 17.7 Å². The summed E-state index contributed by atoms with van der Waals surface area (Å²) < 4.78 is 31.9. The highest BCUT2D eigenvalue weighted by Gasteiger charge is 2.31. The minimum Gasteiger partial charge on any atom is -0.495 e. The summed E-state index contributed by atoms with van der Waals surface area (Å²) in [5, 5.41) is 0. The highest BCUT2D eigenvalue weighted by Crippen LogP contribution is 2.33. The van der Waals surface area contributed by atoms with Crippen molar-refractivity contribution in [3.63, 3.8) is 0 Å². The molecule has 6 heteroatoms. The molecule has 1 saturated carbocycles. The molecule has 1 aliphatic carbocycles. The molecule has 100 valence electrons. The van der Waals surface area contributed by atoms with Crippen molar-refractivity contribution in [2.45, 2.75) is 30.7 Å². The number of ether oxygens (including phenoxy) is 1. The second-order valence-corrected chi connectivity index (χ2v) is 6.37. The third kappa shape index (κ3) is 2.76. The summed E-state index contributed by atoms with van der Waals surface area (Å²) in [4.78, 5) is 0.174. The van der Waals surface area contributed by atoms with Gasteiger partial charge in [-0.05, 0) is 43.9 Å². The Hall–Kier alpha value is -1.27. The first kappa shape index (κ1) is 13.2. The van der Waals surface area contributed by atoms with Gasteiger partial charge in [-0.2, -0.15) is 0 Å². The molecule has 5 nitrogen and oxygen atoms in total. The van der Waals surface area contributed by atoms with Gasteiger partial charge in [-0.1, -0.05) is 0 Å². The minimum absolute atomic E-state index is 0.0293. The van der Waals surface area contributed by atoms with Crippen LogP contribution in [0.15, 0.2) is 23.1 Å². The first-order chi connectivity index (χ1) is 8.44. The van der Waals surface area contributed by atoms with Gasteiger partial charge in [0, 0.05) is 6.04 Å². The SMILES string of the molecule is COc1ccc(S(=O)(=O)NC(C)C2CC2)cc1N. The van der Waals surface area contributed by atoms with Gasteiger partial charge in [-0.15, -0.1) is 0 Å². The largest absolute Gasteiger partial charge is 0.495 e. The van der Waals surface area contributed by atoms with E-state index in [9.17, 15) is 8.42 Å². The van der Waals surface area contributed by atoms with E-state index < -0.39 is 10.0 Å². The normalized spacial score (nSPS) is 17.4. The lowest BCUT2D eigenvalue weighted by atomic mass is 10.2. The molecule has 1 unspecified atom stereocenters. The van der Waals surface area contributed by atoms with Gasteiger partial charge in [0.1, 0.15) is 5.75 Å². The fraction of sp³-hybridized carbons (Fsp3) is 0.500. The van der Waals surface area contributed by atoms with Crippen molar-refractivity contribution in [2.75, 3.05) is 12.8 Å². The van der Waals surface area contributed by atoms with Gasteiger partial charge in [-0.3, -0.25) is 0 Å². The van der Waals surface area contributed by atoms with Crippen molar-refractivity contribution < 1.29 is 13.2 Å².